The van der Waals surface area contributed by atoms with Crippen LogP contribution < -0.4 is 5.32 Å². The molecular formula is C16H18N2S. The molecule has 2 aromatic carbocycles. The summed E-state index contributed by atoms with van der Waals surface area (Å²) in [7, 11) is 0. The molecule has 1 N–H and O–H groups in total. The molecule has 0 aliphatic carbocycles. The zero-order chi connectivity index (χ0) is 13.1. The van der Waals surface area contributed by atoms with Crippen molar-refractivity contribution >= 4 is 33.4 Å². The summed E-state index contributed by atoms with van der Waals surface area (Å²) in [5.74, 6) is 0. The molecule has 3 rings (SSSR count). The molecule has 2 aromatic rings. The molecule has 98 valence electrons. The van der Waals surface area contributed by atoms with E-state index in [9.17, 15) is 0 Å². The Labute approximate surface area is 118 Å². The summed E-state index contributed by atoms with van der Waals surface area (Å²) in [5, 5.41) is 7.73. The van der Waals surface area contributed by atoms with Gasteiger partial charge in [-0.3, -0.25) is 4.99 Å². The minimum Gasteiger partial charge on any atom is -0.334 e. The number of nitrogens with one attached hydrogen (secondary N) is 1. The third kappa shape index (κ3) is 2.76. The van der Waals surface area contributed by atoms with Crippen LogP contribution in [0.5, 0.6) is 0 Å². The van der Waals surface area contributed by atoms with Crippen LogP contribution in [0.1, 0.15) is 19.8 Å². The Kier molecular flexibility index (Phi) is 3.74. The second-order valence-electron chi connectivity index (χ2n) is 4.83. The van der Waals surface area contributed by atoms with E-state index in [0.29, 0.717) is 5.25 Å². The van der Waals surface area contributed by atoms with E-state index >= 15 is 0 Å². The van der Waals surface area contributed by atoms with Gasteiger partial charge in [-0.2, -0.15) is 0 Å². The Hall–Kier alpha value is -1.48. The molecule has 0 bridgehead atoms. The first kappa shape index (κ1) is 12.5. The Morgan fingerprint density at radius 2 is 2.05 bits per heavy atom. The molecule has 0 amide bonds. The number of hydrogen-bond acceptors (Lipinski definition) is 3. The van der Waals surface area contributed by atoms with Crippen LogP contribution in [-0.4, -0.2) is 17.0 Å². The molecule has 0 saturated carbocycles. The van der Waals surface area contributed by atoms with Gasteiger partial charge in [-0.15, -0.1) is 0 Å². The number of rotatable bonds is 3. The molecule has 0 spiro atoms. The monoisotopic (exact) mass is 270 g/mol. The summed E-state index contributed by atoms with van der Waals surface area (Å²) in [6, 6.07) is 14.8. The highest BCUT2D eigenvalue weighted by Gasteiger charge is 2.18. The Balaban J connectivity index is 1.79. The largest absolute Gasteiger partial charge is 0.334 e. The van der Waals surface area contributed by atoms with E-state index in [1.165, 1.54) is 23.6 Å². The summed E-state index contributed by atoms with van der Waals surface area (Å²) in [5.41, 5.74) is 1.15. The molecule has 1 unspecified atom stereocenters. The predicted molar refractivity (Wildman–Crippen MR) is 86.2 cm³/mol. The highest BCUT2D eigenvalue weighted by molar-refractivity contribution is 8.15. The average Bonchev–Trinajstić information content (AvgIpc) is 2.87. The van der Waals surface area contributed by atoms with Crippen molar-refractivity contribution in [2.75, 3.05) is 11.9 Å². The first-order valence-corrected chi connectivity index (χ1v) is 7.70. The summed E-state index contributed by atoms with van der Waals surface area (Å²) in [6.45, 7) is 3.18. The maximum atomic E-state index is 4.61. The molecule has 1 aliphatic heterocycles. The quantitative estimate of drug-likeness (QED) is 0.886. The number of nitrogens with zero attached hydrogens (tertiary/aromatic N) is 1. The van der Waals surface area contributed by atoms with Crippen LogP contribution in [0, 0.1) is 0 Å². The number of aliphatic imine (C=N–C) groups is 1. The summed E-state index contributed by atoms with van der Waals surface area (Å²) >= 11 is 1.88. The smallest absolute Gasteiger partial charge is 0.161 e. The van der Waals surface area contributed by atoms with Crippen LogP contribution in [0.25, 0.3) is 10.8 Å². The van der Waals surface area contributed by atoms with Crippen LogP contribution in [0.2, 0.25) is 0 Å². The third-order valence-corrected chi connectivity index (χ3v) is 4.53. The molecule has 0 fully saturated rings. The van der Waals surface area contributed by atoms with Crippen molar-refractivity contribution in [1.82, 2.24) is 0 Å². The zero-order valence-corrected chi connectivity index (χ0v) is 11.9. The number of amidine groups is 1. The molecule has 0 radical (unpaired) electrons. The highest BCUT2D eigenvalue weighted by atomic mass is 32.2. The second-order valence-corrected chi connectivity index (χ2v) is 6.12. The lowest BCUT2D eigenvalue weighted by molar-refractivity contribution is 0.754. The number of hydrogen-bond donors (Lipinski definition) is 1. The third-order valence-electron chi connectivity index (χ3n) is 3.36. The van der Waals surface area contributed by atoms with Crippen LogP contribution in [0.4, 0.5) is 5.69 Å². The van der Waals surface area contributed by atoms with Crippen molar-refractivity contribution in [1.29, 1.82) is 0 Å². The molecule has 1 aliphatic rings. The Morgan fingerprint density at radius 3 is 2.95 bits per heavy atom. The Morgan fingerprint density at radius 1 is 1.21 bits per heavy atom. The topological polar surface area (TPSA) is 24.4 Å². The van der Waals surface area contributed by atoms with Gasteiger partial charge in [0.05, 0.1) is 6.54 Å². The molecular weight excluding hydrogens is 252 g/mol. The SMILES string of the molecule is CCCC1CN=C(Nc2cccc3ccccc23)S1. The normalized spacial score (nSPS) is 18.6. The van der Waals surface area contributed by atoms with Crippen molar-refractivity contribution in [3.63, 3.8) is 0 Å². The van der Waals surface area contributed by atoms with Gasteiger partial charge in [-0.05, 0) is 17.9 Å². The maximum Gasteiger partial charge on any atom is 0.161 e. The Bertz CT molecular complexity index is 601. The molecule has 0 saturated heterocycles. The van der Waals surface area contributed by atoms with Gasteiger partial charge in [-0.25, -0.2) is 0 Å². The van der Waals surface area contributed by atoms with Gasteiger partial charge in [-0.1, -0.05) is 61.5 Å². The zero-order valence-electron chi connectivity index (χ0n) is 11.1. The number of anilines is 1. The van der Waals surface area contributed by atoms with E-state index in [1.807, 2.05) is 11.8 Å². The molecule has 0 aromatic heterocycles. The molecule has 1 heterocycles. The van der Waals surface area contributed by atoms with Crippen molar-refractivity contribution in [3.05, 3.63) is 42.5 Å². The van der Waals surface area contributed by atoms with E-state index in [-0.39, 0.29) is 0 Å². The van der Waals surface area contributed by atoms with Gasteiger partial charge >= 0.3 is 0 Å². The van der Waals surface area contributed by atoms with Crippen molar-refractivity contribution in [2.24, 2.45) is 4.99 Å². The van der Waals surface area contributed by atoms with Crippen LogP contribution in [0.15, 0.2) is 47.5 Å². The van der Waals surface area contributed by atoms with Crippen LogP contribution in [0.3, 0.4) is 0 Å². The second kappa shape index (κ2) is 5.66. The van der Waals surface area contributed by atoms with E-state index < -0.39 is 0 Å². The molecule has 2 nitrogen and oxygen atoms in total. The minimum absolute atomic E-state index is 0.655. The first-order chi connectivity index (χ1) is 9.36. The first-order valence-electron chi connectivity index (χ1n) is 6.82. The van der Waals surface area contributed by atoms with E-state index in [1.54, 1.807) is 0 Å². The summed E-state index contributed by atoms with van der Waals surface area (Å²) < 4.78 is 0. The average molecular weight is 270 g/mol. The maximum absolute atomic E-state index is 4.61. The fraction of sp³-hybridized carbons (Fsp3) is 0.312. The standard InChI is InChI=1S/C16H18N2S/c1-2-6-13-11-17-16(19-13)18-15-10-5-8-12-7-3-4-9-14(12)15/h3-5,7-10,13H,2,6,11H2,1H3,(H,17,18). The highest BCUT2D eigenvalue weighted by Crippen LogP contribution is 2.28. The van der Waals surface area contributed by atoms with Gasteiger partial charge in [0.15, 0.2) is 5.17 Å². The van der Waals surface area contributed by atoms with Gasteiger partial charge in [0.2, 0.25) is 0 Å². The van der Waals surface area contributed by atoms with E-state index in [0.717, 1.165) is 17.4 Å². The minimum atomic E-state index is 0.655. The lowest BCUT2D eigenvalue weighted by atomic mass is 10.1. The molecule has 19 heavy (non-hydrogen) atoms. The summed E-state index contributed by atoms with van der Waals surface area (Å²) in [4.78, 5) is 4.61. The van der Waals surface area contributed by atoms with Gasteiger partial charge in [0, 0.05) is 16.3 Å². The lowest BCUT2D eigenvalue weighted by Crippen LogP contribution is -2.07. The lowest BCUT2D eigenvalue weighted by Gasteiger charge is -2.10. The number of thioether (sulfide) groups is 1. The van der Waals surface area contributed by atoms with Gasteiger partial charge in [0.1, 0.15) is 0 Å². The van der Waals surface area contributed by atoms with Crippen LogP contribution in [-0.2, 0) is 0 Å². The van der Waals surface area contributed by atoms with Crippen molar-refractivity contribution < 1.29 is 0 Å². The van der Waals surface area contributed by atoms with Gasteiger partial charge in [0.25, 0.3) is 0 Å². The fourth-order valence-corrected chi connectivity index (χ4v) is 3.54. The van der Waals surface area contributed by atoms with E-state index in [4.69, 9.17) is 0 Å². The summed E-state index contributed by atoms with van der Waals surface area (Å²) in [6.07, 6.45) is 2.48. The predicted octanol–water partition coefficient (Wildman–Crippen LogP) is 4.52. The van der Waals surface area contributed by atoms with Crippen molar-refractivity contribution in [2.45, 2.75) is 25.0 Å². The number of benzene rings is 2. The number of fused-ring (bicyclic) bond motifs is 1. The van der Waals surface area contributed by atoms with Gasteiger partial charge < -0.3 is 5.32 Å². The van der Waals surface area contributed by atoms with Crippen molar-refractivity contribution in [3.8, 4) is 0 Å². The van der Waals surface area contributed by atoms with E-state index in [2.05, 4.69) is 59.7 Å². The molecule has 3 heteroatoms. The fourth-order valence-electron chi connectivity index (χ4n) is 2.41. The molecule has 1 atom stereocenters. The van der Waals surface area contributed by atoms with Crippen LogP contribution >= 0.6 is 11.8 Å².